The lowest BCUT2D eigenvalue weighted by atomic mass is 9.96. The number of carbonyl (C=O) groups is 2. The normalized spacial score (nSPS) is 17.0. The van der Waals surface area contributed by atoms with Crippen molar-refractivity contribution in [3.63, 3.8) is 0 Å². The molecule has 2 aromatic rings. The van der Waals surface area contributed by atoms with E-state index in [1.165, 1.54) is 0 Å². The van der Waals surface area contributed by atoms with E-state index in [1.54, 1.807) is 29.2 Å². The zero-order valence-electron chi connectivity index (χ0n) is 15.1. The summed E-state index contributed by atoms with van der Waals surface area (Å²) in [6.45, 7) is 5.15. The molecule has 0 radical (unpaired) electrons. The van der Waals surface area contributed by atoms with E-state index in [1.807, 2.05) is 32.0 Å². The molecule has 26 heavy (non-hydrogen) atoms. The second kappa shape index (κ2) is 7.92. The smallest absolute Gasteiger partial charge is 0.253 e. The summed E-state index contributed by atoms with van der Waals surface area (Å²) in [6, 6.07) is 12.8. The Labute approximate surface area is 159 Å². The predicted molar refractivity (Wildman–Crippen MR) is 105 cm³/mol. The fourth-order valence-corrected chi connectivity index (χ4v) is 3.40. The number of halogens is 1. The van der Waals surface area contributed by atoms with Gasteiger partial charge in [0.1, 0.15) is 0 Å². The van der Waals surface area contributed by atoms with E-state index in [-0.39, 0.29) is 17.7 Å². The van der Waals surface area contributed by atoms with Crippen LogP contribution in [-0.2, 0) is 4.79 Å². The predicted octanol–water partition coefficient (Wildman–Crippen LogP) is 4.45. The van der Waals surface area contributed by atoms with E-state index in [0.717, 1.165) is 29.7 Å². The third kappa shape index (κ3) is 4.07. The van der Waals surface area contributed by atoms with Crippen molar-refractivity contribution in [1.29, 1.82) is 0 Å². The van der Waals surface area contributed by atoms with Gasteiger partial charge in [-0.15, -0.1) is 0 Å². The van der Waals surface area contributed by atoms with Crippen LogP contribution in [0.2, 0.25) is 5.02 Å². The molecule has 1 aliphatic heterocycles. The van der Waals surface area contributed by atoms with E-state index in [2.05, 4.69) is 5.32 Å². The highest BCUT2D eigenvalue weighted by Gasteiger charge is 2.29. The number of hydrogen-bond acceptors (Lipinski definition) is 2. The number of piperidine rings is 1. The summed E-state index contributed by atoms with van der Waals surface area (Å²) >= 11 is 5.89. The SMILES string of the molecule is Cc1cccc(NC(=O)[C@@H]2CCCN(C(=O)c3ccc(Cl)cc3)C2)c1C. The van der Waals surface area contributed by atoms with E-state index in [0.29, 0.717) is 23.7 Å². The van der Waals surface area contributed by atoms with Crippen LogP contribution >= 0.6 is 11.6 Å². The van der Waals surface area contributed by atoms with E-state index >= 15 is 0 Å². The van der Waals surface area contributed by atoms with Crippen molar-refractivity contribution in [1.82, 2.24) is 4.90 Å². The lowest BCUT2D eigenvalue weighted by Crippen LogP contribution is -2.43. The van der Waals surface area contributed by atoms with Gasteiger partial charge in [0.25, 0.3) is 5.91 Å². The topological polar surface area (TPSA) is 49.4 Å². The fourth-order valence-electron chi connectivity index (χ4n) is 3.27. The van der Waals surface area contributed by atoms with Gasteiger partial charge in [-0.25, -0.2) is 0 Å². The molecule has 4 nitrogen and oxygen atoms in total. The first kappa shape index (κ1) is 18.5. The number of likely N-dealkylation sites (tertiary alicyclic amines) is 1. The van der Waals surface area contributed by atoms with Gasteiger partial charge in [-0.05, 0) is 68.1 Å². The van der Waals surface area contributed by atoms with Gasteiger partial charge in [0.2, 0.25) is 5.91 Å². The molecular formula is C21H23ClN2O2. The molecule has 3 rings (SSSR count). The van der Waals surface area contributed by atoms with Crippen molar-refractivity contribution >= 4 is 29.1 Å². The first-order chi connectivity index (χ1) is 12.5. The van der Waals surface area contributed by atoms with Gasteiger partial charge in [0, 0.05) is 29.4 Å². The van der Waals surface area contributed by atoms with Gasteiger partial charge in [0.15, 0.2) is 0 Å². The molecule has 1 saturated heterocycles. The highest BCUT2D eigenvalue weighted by Crippen LogP contribution is 2.23. The molecule has 2 amide bonds. The summed E-state index contributed by atoms with van der Waals surface area (Å²) in [7, 11) is 0. The standard InChI is InChI=1S/C21H23ClN2O2/c1-14-5-3-7-19(15(14)2)23-20(25)17-6-4-12-24(13-17)21(26)16-8-10-18(22)11-9-16/h3,5,7-11,17H,4,6,12-13H2,1-2H3,(H,23,25)/t17-/m1/s1. The zero-order valence-corrected chi connectivity index (χ0v) is 15.8. The molecule has 2 aromatic carbocycles. The maximum Gasteiger partial charge on any atom is 0.253 e. The number of hydrogen-bond donors (Lipinski definition) is 1. The van der Waals surface area contributed by atoms with Gasteiger partial charge >= 0.3 is 0 Å². The first-order valence-corrected chi connectivity index (χ1v) is 9.25. The van der Waals surface area contributed by atoms with Crippen LogP contribution < -0.4 is 5.32 Å². The highest BCUT2D eigenvalue weighted by atomic mass is 35.5. The largest absolute Gasteiger partial charge is 0.338 e. The number of aryl methyl sites for hydroxylation is 1. The van der Waals surface area contributed by atoms with E-state index < -0.39 is 0 Å². The highest BCUT2D eigenvalue weighted by molar-refractivity contribution is 6.30. The van der Waals surface area contributed by atoms with Crippen LogP contribution in [0, 0.1) is 19.8 Å². The molecule has 136 valence electrons. The molecule has 1 aliphatic rings. The monoisotopic (exact) mass is 370 g/mol. The minimum atomic E-state index is -0.195. The number of nitrogens with zero attached hydrogens (tertiary/aromatic N) is 1. The van der Waals surface area contributed by atoms with Crippen molar-refractivity contribution in [2.45, 2.75) is 26.7 Å². The molecule has 0 aromatic heterocycles. The quantitative estimate of drug-likeness (QED) is 0.867. The Bertz CT molecular complexity index is 817. The Kier molecular flexibility index (Phi) is 5.62. The van der Waals surface area contributed by atoms with Gasteiger partial charge in [-0.2, -0.15) is 0 Å². The molecule has 0 spiro atoms. The molecule has 5 heteroatoms. The van der Waals surface area contributed by atoms with Gasteiger partial charge in [0.05, 0.1) is 5.92 Å². The van der Waals surface area contributed by atoms with Crippen LogP contribution in [-0.4, -0.2) is 29.8 Å². The van der Waals surface area contributed by atoms with E-state index in [9.17, 15) is 9.59 Å². The van der Waals surface area contributed by atoms with Gasteiger partial charge in [-0.1, -0.05) is 23.7 Å². The number of nitrogens with one attached hydrogen (secondary N) is 1. The van der Waals surface area contributed by atoms with Gasteiger partial charge < -0.3 is 10.2 Å². The lowest BCUT2D eigenvalue weighted by Gasteiger charge is -2.32. The molecule has 0 unspecified atom stereocenters. The Morgan fingerprint density at radius 2 is 1.85 bits per heavy atom. The number of anilines is 1. The number of benzene rings is 2. The minimum Gasteiger partial charge on any atom is -0.338 e. The molecule has 1 atom stereocenters. The average molecular weight is 371 g/mol. The fraction of sp³-hybridized carbons (Fsp3) is 0.333. The maximum atomic E-state index is 12.7. The van der Waals surface area contributed by atoms with Crippen LogP contribution in [0.5, 0.6) is 0 Å². The summed E-state index contributed by atoms with van der Waals surface area (Å²) in [5.41, 5.74) is 3.66. The van der Waals surface area contributed by atoms with Crippen molar-refractivity contribution in [3.8, 4) is 0 Å². The van der Waals surface area contributed by atoms with E-state index in [4.69, 9.17) is 11.6 Å². The number of carbonyl (C=O) groups excluding carboxylic acids is 2. The molecule has 1 fully saturated rings. The maximum absolute atomic E-state index is 12.7. The molecule has 1 N–H and O–H groups in total. The second-order valence-corrected chi connectivity index (χ2v) is 7.27. The Balaban J connectivity index is 1.67. The Morgan fingerprint density at radius 1 is 1.12 bits per heavy atom. The van der Waals surface area contributed by atoms with Crippen LogP contribution in [0.4, 0.5) is 5.69 Å². The summed E-state index contributed by atoms with van der Waals surface area (Å²) in [6.07, 6.45) is 1.62. The summed E-state index contributed by atoms with van der Waals surface area (Å²) < 4.78 is 0. The molecule has 0 aliphatic carbocycles. The minimum absolute atomic E-state index is 0.0210. The second-order valence-electron chi connectivity index (χ2n) is 6.83. The van der Waals surface area contributed by atoms with Crippen molar-refractivity contribution < 1.29 is 9.59 Å². The summed E-state index contributed by atoms with van der Waals surface area (Å²) in [5, 5.41) is 3.64. The third-order valence-corrected chi connectivity index (χ3v) is 5.29. The first-order valence-electron chi connectivity index (χ1n) is 8.87. The molecule has 1 heterocycles. The number of rotatable bonds is 3. The van der Waals surface area contributed by atoms with Crippen molar-refractivity contribution in [2.75, 3.05) is 18.4 Å². The third-order valence-electron chi connectivity index (χ3n) is 5.03. The summed E-state index contributed by atoms with van der Waals surface area (Å²) in [5.74, 6) is -0.266. The van der Waals surface area contributed by atoms with Crippen LogP contribution in [0.3, 0.4) is 0 Å². The van der Waals surface area contributed by atoms with Crippen LogP contribution in [0.15, 0.2) is 42.5 Å². The Morgan fingerprint density at radius 3 is 2.58 bits per heavy atom. The average Bonchev–Trinajstić information content (AvgIpc) is 2.65. The lowest BCUT2D eigenvalue weighted by molar-refractivity contribution is -0.121. The van der Waals surface area contributed by atoms with Crippen molar-refractivity contribution in [2.24, 2.45) is 5.92 Å². The zero-order chi connectivity index (χ0) is 18.7. The number of amides is 2. The summed E-state index contributed by atoms with van der Waals surface area (Å²) in [4.78, 5) is 27.2. The van der Waals surface area contributed by atoms with Crippen molar-refractivity contribution in [3.05, 3.63) is 64.2 Å². The molecule has 0 saturated carbocycles. The molecular weight excluding hydrogens is 348 g/mol. The van der Waals surface area contributed by atoms with Crippen LogP contribution in [0.25, 0.3) is 0 Å². The Hall–Kier alpha value is -2.33. The van der Waals surface area contributed by atoms with Crippen LogP contribution in [0.1, 0.15) is 34.3 Å². The van der Waals surface area contributed by atoms with Gasteiger partial charge in [-0.3, -0.25) is 9.59 Å². The molecule has 0 bridgehead atoms.